The highest BCUT2D eigenvalue weighted by atomic mass is 16.5. The second-order valence-electron chi connectivity index (χ2n) is 5.55. The molecule has 3 aromatic heterocycles. The van der Waals surface area contributed by atoms with Crippen LogP contribution in [0.3, 0.4) is 0 Å². The van der Waals surface area contributed by atoms with Crippen molar-refractivity contribution in [3.63, 3.8) is 0 Å². The number of ether oxygens (including phenoxy) is 1. The maximum Gasteiger partial charge on any atom is 0.241 e. The monoisotopic (exact) mass is 311 g/mol. The first-order chi connectivity index (χ1) is 11.3. The molecule has 7 heteroatoms. The van der Waals surface area contributed by atoms with Crippen molar-refractivity contribution in [1.29, 1.82) is 0 Å². The molecule has 2 atom stereocenters. The molecule has 4 rings (SSSR count). The number of pyridine rings is 1. The number of anilines is 1. The normalized spacial score (nSPS) is 21.4. The Balaban J connectivity index is 1.67. The van der Waals surface area contributed by atoms with Gasteiger partial charge in [-0.15, -0.1) is 5.10 Å². The fraction of sp³-hybridized carbons (Fsp3) is 0.312. The molecule has 2 N–H and O–H groups in total. The molecule has 0 aliphatic carbocycles. The standard InChI is InChI=1S/C16H17N5O2/c22-15-10-23-8-5-13(15)19-16-18-9-12-1-2-14(21(12)20-16)11-3-6-17-7-4-11/h1-4,6-7,9,13,15,22H,5,8,10H2,(H,19,20)/t13-,15-/m1/s1. The molecule has 1 aliphatic heterocycles. The van der Waals surface area contributed by atoms with Gasteiger partial charge < -0.3 is 15.2 Å². The minimum absolute atomic E-state index is 0.0962. The van der Waals surface area contributed by atoms with E-state index in [0.29, 0.717) is 19.2 Å². The van der Waals surface area contributed by atoms with E-state index in [1.807, 2.05) is 28.8 Å². The van der Waals surface area contributed by atoms with E-state index in [-0.39, 0.29) is 6.04 Å². The summed E-state index contributed by atoms with van der Waals surface area (Å²) in [6.45, 7) is 0.967. The zero-order valence-corrected chi connectivity index (χ0v) is 12.5. The molecule has 7 nitrogen and oxygen atoms in total. The number of fused-ring (bicyclic) bond motifs is 1. The Labute approximate surface area is 133 Å². The minimum Gasteiger partial charge on any atom is -0.389 e. The lowest BCUT2D eigenvalue weighted by Gasteiger charge is -2.28. The molecule has 1 fully saturated rings. The molecule has 3 aromatic rings. The van der Waals surface area contributed by atoms with Crippen LogP contribution >= 0.6 is 0 Å². The summed E-state index contributed by atoms with van der Waals surface area (Å²) in [6.07, 6.45) is 5.46. The lowest BCUT2D eigenvalue weighted by Crippen LogP contribution is -2.42. The topological polar surface area (TPSA) is 84.6 Å². The molecule has 0 radical (unpaired) electrons. The van der Waals surface area contributed by atoms with Crippen LogP contribution in [0.25, 0.3) is 16.8 Å². The third-order valence-electron chi connectivity index (χ3n) is 4.02. The summed E-state index contributed by atoms with van der Waals surface area (Å²) < 4.78 is 7.09. The molecule has 1 saturated heterocycles. The molecule has 118 valence electrons. The predicted molar refractivity (Wildman–Crippen MR) is 85.1 cm³/mol. The molecule has 0 unspecified atom stereocenters. The van der Waals surface area contributed by atoms with Crippen molar-refractivity contribution in [1.82, 2.24) is 19.6 Å². The minimum atomic E-state index is -0.549. The molecule has 4 heterocycles. The van der Waals surface area contributed by atoms with Gasteiger partial charge in [-0.3, -0.25) is 4.98 Å². The number of aliphatic hydroxyl groups is 1. The molecule has 0 bridgehead atoms. The number of aromatic nitrogens is 4. The van der Waals surface area contributed by atoms with E-state index in [1.165, 1.54) is 0 Å². The molecular weight excluding hydrogens is 294 g/mol. The van der Waals surface area contributed by atoms with E-state index in [2.05, 4.69) is 20.4 Å². The Morgan fingerprint density at radius 3 is 2.91 bits per heavy atom. The Hall–Kier alpha value is -2.51. The molecule has 1 aliphatic rings. The van der Waals surface area contributed by atoms with Gasteiger partial charge in [0, 0.05) is 24.6 Å². The van der Waals surface area contributed by atoms with Gasteiger partial charge in [-0.25, -0.2) is 9.50 Å². The number of hydrogen-bond acceptors (Lipinski definition) is 6. The Kier molecular flexibility index (Phi) is 3.64. The summed E-state index contributed by atoms with van der Waals surface area (Å²) in [6, 6.07) is 7.77. The van der Waals surface area contributed by atoms with Crippen LogP contribution in [0.4, 0.5) is 5.95 Å². The van der Waals surface area contributed by atoms with Crippen molar-refractivity contribution >= 4 is 11.5 Å². The molecular formula is C16H17N5O2. The number of rotatable bonds is 3. The molecule has 23 heavy (non-hydrogen) atoms. The van der Waals surface area contributed by atoms with Gasteiger partial charge >= 0.3 is 0 Å². The second-order valence-corrected chi connectivity index (χ2v) is 5.55. The molecule has 0 aromatic carbocycles. The first-order valence-electron chi connectivity index (χ1n) is 7.59. The largest absolute Gasteiger partial charge is 0.389 e. The SMILES string of the molecule is O[C@@H]1COCC[C@H]1Nc1ncc2ccc(-c3ccncc3)n2n1. The van der Waals surface area contributed by atoms with E-state index in [1.54, 1.807) is 18.6 Å². The van der Waals surface area contributed by atoms with Gasteiger partial charge in [0.1, 0.15) is 0 Å². The van der Waals surface area contributed by atoms with Gasteiger partial charge in [0.05, 0.1) is 36.2 Å². The first-order valence-corrected chi connectivity index (χ1v) is 7.59. The lowest BCUT2D eigenvalue weighted by atomic mass is 10.1. The summed E-state index contributed by atoms with van der Waals surface area (Å²) >= 11 is 0. The Morgan fingerprint density at radius 1 is 1.22 bits per heavy atom. The van der Waals surface area contributed by atoms with Gasteiger partial charge in [0.2, 0.25) is 5.95 Å². The Morgan fingerprint density at radius 2 is 2.09 bits per heavy atom. The van der Waals surface area contributed by atoms with E-state index >= 15 is 0 Å². The second kappa shape index (κ2) is 5.94. The van der Waals surface area contributed by atoms with Crippen molar-refractivity contribution in [2.75, 3.05) is 18.5 Å². The first kappa shape index (κ1) is 14.1. The molecule has 0 spiro atoms. The highest BCUT2D eigenvalue weighted by molar-refractivity contribution is 5.66. The third-order valence-corrected chi connectivity index (χ3v) is 4.02. The van der Waals surface area contributed by atoms with Crippen molar-refractivity contribution in [2.24, 2.45) is 0 Å². The van der Waals surface area contributed by atoms with Crippen LogP contribution in [-0.2, 0) is 4.74 Å². The maximum absolute atomic E-state index is 9.98. The number of aliphatic hydroxyl groups excluding tert-OH is 1. The van der Waals surface area contributed by atoms with E-state index in [4.69, 9.17) is 4.74 Å². The number of nitrogens with zero attached hydrogens (tertiary/aromatic N) is 4. The zero-order chi connectivity index (χ0) is 15.6. The van der Waals surface area contributed by atoms with E-state index < -0.39 is 6.10 Å². The summed E-state index contributed by atoms with van der Waals surface area (Å²) in [5.41, 5.74) is 2.92. The van der Waals surface area contributed by atoms with Crippen molar-refractivity contribution in [3.05, 3.63) is 42.9 Å². The highest BCUT2D eigenvalue weighted by Gasteiger charge is 2.24. The van der Waals surface area contributed by atoms with Gasteiger partial charge in [-0.2, -0.15) is 0 Å². The van der Waals surface area contributed by atoms with Crippen LogP contribution in [0.5, 0.6) is 0 Å². The molecule has 0 saturated carbocycles. The van der Waals surface area contributed by atoms with Gasteiger partial charge in [-0.1, -0.05) is 0 Å². The summed E-state index contributed by atoms with van der Waals surface area (Å²) in [5.74, 6) is 0.495. The van der Waals surface area contributed by atoms with Gasteiger partial charge in [0.15, 0.2) is 0 Å². The van der Waals surface area contributed by atoms with Crippen LogP contribution in [0.1, 0.15) is 6.42 Å². The predicted octanol–water partition coefficient (Wildman–Crippen LogP) is 1.35. The van der Waals surface area contributed by atoms with Crippen molar-refractivity contribution in [2.45, 2.75) is 18.6 Å². The van der Waals surface area contributed by atoms with Crippen LogP contribution < -0.4 is 5.32 Å². The zero-order valence-electron chi connectivity index (χ0n) is 12.5. The van der Waals surface area contributed by atoms with E-state index in [0.717, 1.165) is 23.2 Å². The van der Waals surface area contributed by atoms with Gasteiger partial charge in [-0.05, 0) is 30.7 Å². The fourth-order valence-electron chi connectivity index (χ4n) is 2.77. The third kappa shape index (κ3) is 2.76. The summed E-state index contributed by atoms with van der Waals surface area (Å²) in [5, 5.41) is 17.7. The lowest BCUT2D eigenvalue weighted by molar-refractivity contribution is -0.0136. The van der Waals surface area contributed by atoms with Crippen LogP contribution in [0.15, 0.2) is 42.9 Å². The van der Waals surface area contributed by atoms with E-state index in [9.17, 15) is 5.11 Å². The van der Waals surface area contributed by atoms with Crippen molar-refractivity contribution in [3.8, 4) is 11.3 Å². The summed E-state index contributed by atoms with van der Waals surface area (Å²) in [4.78, 5) is 8.38. The molecule has 0 amide bonds. The maximum atomic E-state index is 9.98. The van der Waals surface area contributed by atoms with Crippen LogP contribution in [-0.4, -0.2) is 50.0 Å². The smallest absolute Gasteiger partial charge is 0.241 e. The van der Waals surface area contributed by atoms with Crippen LogP contribution in [0, 0.1) is 0 Å². The average molecular weight is 311 g/mol. The fourth-order valence-corrected chi connectivity index (χ4v) is 2.77. The van der Waals surface area contributed by atoms with Crippen LogP contribution in [0.2, 0.25) is 0 Å². The number of nitrogens with one attached hydrogen (secondary N) is 1. The Bertz CT molecular complexity index is 805. The highest BCUT2D eigenvalue weighted by Crippen LogP contribution is 2.21. The van der Waals surface area contributed by atoms with Crippen molar-refractivity contribution < 1.29 is 9.84 Å². The number of hydrogen-bond donors (Lipinski definition) is 2. The average Bonchev–Trinajstić information content (AvgIpc) is 3.01. The van der Waals surface area contributed by atoms with Gasteiger partial charge in [0.25, 0.3) is 0 Å². The summed E-state index contributed by atoms with van der Waals surface area (Å²) in [7, 11) is 0. The quantitative estimate of drug-likeness (QED) is 0.759.